The standard InChI is InChI=1S/C19H26N2O.2ClH/c1-19(2,3)18(21-10-8-20-9-11-21)16-5-4-15-13-17(22)7-6-14(15)12-16;;/h4-7,12-13,18,20,22H,8-11H2,1-3H3;2*1H/t18-;;/m0../s1. The van der Waals surface area contributed by atoms with Crippen molar-refractivity contribution in [1.29, 1.82) is 0 Å². The van der Waals surface area contributed by atoms with Crippen molar-refractivity contribution in [2.24, 2.45) is 5.41 Å². The Kier molecular flexibility index (Phi) is 7.36. The maximum absolute atomic E-state index is 9.63. The van der Waals surface area contributed by atoms with Gasteiger partial charge < -0.3 is 10.4 Å². The molecule has 0 bridgehead atoms. The van der Waals surface area contributed by atoms with Crippen molar-refractivity contribution >= 4 is 35.6 Å². The van der Waals surface area contributed by atoms with E-state index in [1.54, 1.807) is 6.07 Å². The van der Waals surface area contributed by atoms with Crippen LogP contribution in [0.2, 0.25) is 0 Å². The van der Waals surface area contributed by atoms with Gasteiger partial charge in [-0.05, 0) is 39.9 Å². The summed E-state index contributed by atoms with van der Waals surface area (Å²) in [5.74, 6) is 0.328. The number of fused-ring (bicyclic) bond motifs is 1. The first-order valence-electron chi connectivity index (χ1n) is 8.12. The molecule has 0 radical (unpaired) electrons. The average Bonchev–Trinajstić information content (AvgIpc) is 2.47. The lowest BCUT2D eigenvalue weighted by atomic mass is 9.80. The Hall–Kier alpha value is -1.000. The molecule has 1 atom stereocenters. The van der Waals surface area contributed by atoms with E-state index >= 15 is 0 Å². The van der Waals surface area contributed by atoms with Gasteiger partial charge in [-0.1, -0.05) is 39.0 Å². The fourth-order valence-electron chi connectivity index (χ4n) is 3.62. The highest BCUT2D eigenvalue weighted by atomic mass is 35.5. The summed E-state index contributed by atoms with van der Waals surface area (Å²) in [6, 6.07) is 12.6. The molecule has 1 heterocycles. The van der Waals surface area contributed by atoms with E-state index in [0.717, 1.165) is 31.6 Å². The highest BCUT2D eigenvalue weighted by Gasteiger charge is 2.32. The van der Waals surface area contributed by atoms with Gasteiger partial charge in [-0.3, -0.25) is 4.90 Å². The predicted molar refractivity (Wildman–Crippen MR) is 107 cm³/mol. The van der Waals surface area contributed by atoms with Crippen LogP contribution in [0.25, 0.3) is 10.8 Å². The number of phenols is 1. The van der Waals surface area contributed by atoms with E-state index in [1.807, 2.05) is 12.1 Å². The lowest BCUT2D eigenvalue weighted by Crippen LogP contribution is -2.48. The number of benzene rings is 2. The van der Waals surface area contributed by atoms with Gasteiger partial charge in [-0.25, -0.2) is 0 Å². The second-order valence-corrected chi connectivity index (χ2v) is 7.35. The third-order valence-electron chi connectivity index (χ3n) is 4.50. The van der Waals surface area contributed by atoms with Crippen molar-refractivity contribution in [3.05, 3.63) is 42.0 Å². The summed E-state index contributed by atoms with van der Waals surface area (Å²) in [5.41, 5.74) is 1.55. The molecule has 3 rings (SSSR count). The van der Waals surface area contributed by atoms with Crippen LogP contribution in [-0.2, 0) is 0 Å². The molecule has 0 unspecified atom stereocenters. The molecular weight excluding hydrogens is 343 g/mol. The first kappa shape index (κ1) is 21.0. The van der Waals surface area contributed by atoms with Crippen molar-refractivity contribution in [1.82, 2.24) is 10.2 Å². The number of hydrogen-bond donors (Lipinski definition) is 2. The molecule has 2 aromatic rings. The van der Waals surface area contributed by atoms with Crippen molar-refractivity contribution in [3.63, 3.8) is 0 Å². The van der Waals surface area contributed by atoms with Gasteiger partial charge in [0.1, 0.15) is 5.75 Å². The third-order valence-corrected chi connectivity index (χ3v) is 4.50. The van der Waals surface area contributed by atoms with Crippen molar-refractivity contribution < 1.29 is 5.11 Å². The van der Waals surface area contributed by atoms with Crippen molar-refractivity contribution in [2.45, 2.75) is 26.8 Å². The molecule has 0 saturated carbocycles. The molecule has 0 spiro atoms. The number of halogens is 2. The van der Waals surface area contributed by atoms with Crippen molar-refractivity contribution in [2.75, 3.05) is 26.2 Å². The van der Waals surface area contributed by atoms with E-state index in [0.29, 0.717) is 11.8 Å². The molecule has 3 nitrogen and oxygen atoms in total. The zero-order chi connectivity index (χ0) is 15.7. The number of nitrogens with zero attached hydrogens (tertiary/aromatic N) is 1. The van der Waals surface area contributed by atoms with Gasteiger partial charge >= 0.3 is 0 Å². The molecule has 0 aromatic heterocycles. The molecule has 0 aliphatic carbocycles. The van der Waals surface area contributed by atoms with E-state index in [-0.39, 0.29) is 30.2 Å². The fraction of sp³-hybridized carbons (Fsp3) is 0.474. The highest BCUT2D eigenvalue weighted by Crippen LogP contribution is 2.39. The minimum Gasteiger partial charge on any atom is -0.508 e. The molecule has 24 heavy (non-hydrogen) atoms. The summed E-state index contributed by atoms with van der Waals surface area (Å²) >= 11 is 0. The zero-order valence-corrected chi connectivity index (χ0v) is 16.2. The van der Waals surface area contributed by atoms with Crippen LogP contribution in [0.4, 0.5) is 0 Å². The van der Waals surface area contributed by atoms with Gasteiger partial charge in [0.2, 0.25) is 0 Å². The van der Waals surface area contributed by atoms with Gasteiger partial charge in [0.15, 0.2) is 0 Å². The molecule has 1 aliphatic heterocycles. The summed E-state index contributed by atoms with van der Waals surface area (Å²) < 4.78 is 0. The van der Waals surface area contributed by atoms with E-state index in [9.17, 15) is 5.11 Å². The lowest BCUT2D eigenvalue weighted by Gasteiger charge is -2.42. The first-order chi connectivity index (χ1) is 10.4. The van der Waals surface area contributed by atoms with Gasteiger partial charge in [-0.2, -0.15) is 0 Å². The summed E-state index contributed by atoms with van der Waals surface area (Å²) in [6.07, 6.45) is 0. The van der Waals surface area contributed by atoms with E-state index < -0.39 is 0 Å². The second-order valence-electron chi connectivity index (χ2n) is 7.35. The Bertz CT molecular complexity index is 664. The normalized spacial score (nSPS) is 17.0. The van der Waals surface area contributed by atoms with E-state index in [1.165, 1.54) is 10.9 Å². The highest BCUT2D eigenvalue weighted by molar-refractivity contribution is 5.86. The van der Waals surface area contributed by atoms with Crippen LogP contribution in [0.15, 0.2) is 36.4 Å². The summed E-state index contributed by atoms with van der Waals surface area (Å²) in [7, 11) is 0. The SMILES string of the molecule is CC(C)(C)[C@H](c1ccc2cc(O)ccc2c1)N1CCNCC1.Cl.Cl. The Morgan fingerprint density at radius 2 is 1.54 bits per heavy atom. The van der Waals surface area contributed by atoms with Gasteiger partial charge in [-0.15, -0.1) is 24.8 Å². The third kappa shape index (κ3) is 4.54. The molecule has 1 fully saturated rings. The zero-order valence-electron chi connectivity index (χ0n) is 14.6. The number of nitrogens with one attached hydrogen (secondary N) is 1. The Morgan fingerprint density at radius 1 is 0.958 bits per heavy atom. The Morgan fingerprint density at radius 3 is 2.17 bits per heavy atom. The molecular formula is C19H28Cl2N2O. The lowest BCUT2D eigenvalue weighted by molar-refractivity contribution is 0.0863. The van der Waals surface area contributed by atoms with Gasteiger partial charge in [0, 0.05) is 32.2 Å². The van der Waals surface area contributed by atoms with Crippen LogP contribution < -0.4 is 5.32 Å². The van der Waals surface area contributed by atoms with E-state index in [4.69, 9.17) is 0 Å². The summed E-state index contributed by atoms with van der Waals surface area (Å²) in [4.78, 5) is 2.60. The summed E-state index contributed by atoms with van der Waals surface area (Å²) in [5, 5.41) is 15.4. The Balaban J connectivity index is 0.00000144. The largest absolute Gasteiger partial charge is 0.508 e. The van der Waals surface area contributed by atoms with Crippen LogP contribution in [0.3, 0.4) is 0 Å². The monoisotopic (exact) mass is 370 g/mol. The minimum absolute atomic E-state index is 0. The number of piperazine rings is 1. The quantitative estimate of drug-likeness (QED) is 0.822. The predicted octanol–water partition coefficient (Wildman–Crippen LogP) is 4.38. The molecule has 5 heteroatoms. The van der Waals surface area contributed by atoms with Gasteiger partial charge in [0.05, 0.1) is 0 Å². The van der Waals surface area contributed by atoms with Gasteiger partial charge in [0.25, 0.3) is 0 Å². The van der Waals surface area contributed by atoms with E-state index in [2.05, 4.69) is 49.2 Å². The molecule has 134 valence electrons. The molecule has 2 aromatic carbocycles. The maximum atomic E-state index is 9.63. The van der Waals surface area contributed by atoms with Crippen LogP contribution in [-0.4, -0.2) is 36.2 Å². The first-order valence-corrected chi connectivity index (χ1v) is 8.12. The average molecular weight is 371 g/mol. The molecule has 1 aliphatic rings. The van der Waals surface area contributed by atoms with Crippen LogP contribution in [0, 0.1) is 5.41 Å². The topological polar surface area (TPSA) is 35.5 Å². The number of hydrogen-bond acceptors (Lipinski definition) is 3. The summed E-state index contributed by atoms with van der Waals surface area (Å²) in [6.45, 7) is 11.3. The number of rotatable bonds is 2. The van der Waals surface area contributed by atoms with Crippen LogP contribution >= 0.6 is 24.8 Å². The fourth-order valence-corrected chi connectivity index (χ4v) is 3.62. The Labute approximate surface area is 157 Å². The minimum atomic E-state index is 0. The number of aromatic hydroxyl groups is 1. The molecule has 1 saturated heterocycles. The maximum Gasteiger partial charge on any atom is 0.116 e. The second kappa shape index (κ2) is 8.39. The number of phenolic OH excluding ortho intramolecular Hbond substituents is 1. The van der Waals surface area contributed by atoms with Crippen molar-refractivity contribution in [3.8, 4) is 5.75 Å². The van der Waals surface area contributed by atoms with Crippen LogP contribution in [0.1, 0.15) is 32.4 Å². The smallest absolute Gasteiger partial charge is 0.116 e. The molecule has 2 N–H and O–H groups in total. The van der Waals surface area contributed by atoms with Crippen LogP contribution in [0.5, 0.6) is 5.75 Å². The molecule has 0 amide bonds.